The van der Waals surface area contributed by atoms with Crippen molar-refractivity contribution < 1.29 is 9.59 Å². The lowest BCUT2D eigenvalue weighted by molar-refractivity contribution is -0.136. The van der Waals surface area contributed by atoms with Gasteiger partial charge in [0.2, 0.25) is 11.8 Å². The lowest BCUT2D eigenvalue weighted by atomic mass is 9.92. The molecule has 1 fully saturated rings. The molecule has 1 aliphatic carbocycles. The average Bonchev–Trinajstić information content (AvgIpc) is 3.51. The van der Waals surface area contributed by atoms with E-state index >= 15 is 0 Å². The SMILES string of the molecule is Cc1ccccc1-n1nc(C(C)(C)C)cc1NC(=O)CN(CC(C)C)C(=O)C1CC1c1ccccc1. The van der Waals surface area contributed by atoms with E-state index in [0.717, 1.165) is 23.4 Å². The summed E-state index contributed by atoms with van der Waals surface area (Å²) in [5.41, 5.74) is 3.89. The molecule has 190 valence electrons. The highest BCUT2D eigenvalue weighted by Gasteiger charge is 2.46. The Morgan fingerprint density at radius 3 is 2.39 bits per heavy atom. The van der Waals surface area contributed by atoms with E-state index in [9.17, 15) is 9.59 Å². The van der Waals surface area contributed by atoms with Gasteiger partial charge in [-0.25, -0.2) is 4.68 Å². The van der Waals surface area contributed by atoms with E-state index in [-0.39, 0.29) is 41.5 Å². The van der Waals surface area contributed by atoms with Crippen LogP contribution >= 0.6 is 0 Å². The number of rotatable bonds is 8. The number of nitrogens with one attached hydrogen (secondary N) is 1. The number of carbonyl (C=O) groups excluding carboxylic acids is 2. The van der Waals surface area contributed by atoms with Crippen molar-refractivity contribution >= 4 is 17.6 Å². The van der Waals surface area contributed by atoms with E-state index in [1.54, 1.807) is 9.58 Å². The molecular weight excluding hydrogens is 448 g/mol. The van der Waals surface area contributed by atoms with Crippen LogP contribution in [0.3, 0.4) is 0 Å². The van der Waals surface area contributed by atoms with E-state index < -0.39 is 0 Å². The maximum absolute atomic E-state index is 13.4. The Balaban J connectivity index is 1.53. The first-order chi connectivity index (χ1) is 17.0. The molecule has 1 aliphatic rings. The third-order valence-electron chi connectivity index (χ3n) is 6.66. The number of hydrogen-bond donors (Lipinski definition) is 1. The predicted molar refractivity (Wildman–Crippen MR) is 144 cm³/mol. The third-order valence-corrected chi connectivity index (χ3v) is 6.66. The van der Waals surface area contributed by atoms with Crippen molar-refractivity contribution in [2.45, 2.75) is 59.3 Å². The Kier molecular flexibility index (Phi) is 7.34. The highest BCUT2D eigenvalue weighted by molar-refractivity contribution is 5.95. The molecule has 0 radical (unpaired) electrons. The van der Waals surface area contributed by atoms with Crippen LogP contribution in [0.1, 0.15) is 63.8 Å². The van der Waals surface area contributed by atoms with Crippen molar-refractivity contribution in [2.75, 3.05) is 18.4 Å². The number of carbonyl (C=O) groups is 2. The highest BCUT2D eigenvalue weighted by atomic mass is 16.2. The largest absolute Gasteiger partial charge is 0.333 e. The van der Waals surface area contributed by atoms with Crippen molar-refractivity contribution in [1.29, 1.82) is 0 Å². The van der Waals surface area contributed by atoms with E-state index in [1.807, 2.05) is 55.5 Å². The number of aryl methyl sites for hydroxylation is 1. The summed E-state index contributed by atoms with van der Waals surface area (Å²) in [6, 6.07) is 20.1. The van der Waals surface area contributed by atoms with Crippen molar-refractivity contribution in [1.82, 2.24) is 14.7 Å². The fraction of sp³-hybridized carbons (Fsp3) is 0.433. The van der Waals surface area contributed by atoms with Gasteiger partial charge in [0.25, 0.3) is 0 Å². The van der Waals surface area contributed by atoms with Gasteiger partial charge in [0, 0.05) is 23.9 Å². The molecule has 6 heteroatoms. The standard InChI is InChI=1S/C30H38N4O2/c1-20(2)18-33(29(36)24-16-23(24)22-13-8-7-9-14-22)19-28(35)31-27-17-26(30(4,5)6)32-34(27)25-15-11-10-12-21(25)3/h7-15,17,20,23-24H,16,18-19H2,1-6H3,(H,31,35). The summed E-state index contributed by atoms with van der Waals surface area (Å²) in [7, 11) is 0. The minimum Gasteiger partial charge on any atom is -0.333 e. The Labute approximate surface area is 214 Å². The van der Waals surface area contributed by atoms with Crippen LogP contribution in [0, 0.1) is 18.8 Å². The maximum atomic E-state index is 13.4. The smallest absolute Gasteiger partial charge is 0.245 e. The summed E-state index contributed by atoms with van der Waals surface area (Å²) >= 11 is 0. The number of hydrogen-bond acceptors (Lipinski definition) is 3. The molecule has 2 amide bonds. The summed E-state index contributed by atoms with van der Waals surface area (Å²) in [5, 5.41) is 7.89. The van der Waals surface area contributed by atoms with E-state index in [0.29, 0.717) is 12.4 Å². The van der Waals surface area contributed by atoms with Crippen molar-refractivity contribution in [3.05, 3.63) is 77.5 Å². The summed E-state index contributed by atoms with van der Waals surface area (Å²) < 4.78 is 1.80. The van der Waals surface area contributed by atoms with Gasteiger partial charge in [-0.3, -0.25) is 9.59 Å². The molecule has 2 unspecified atom stereocenters. The molecule has 4 rings (SSSR count). The van der Waals surface area contributed by atoms with Gasteiger partial charge in [-0.2, -0.15) is 5.10 Å². The van der Waals surface area contributed by atoms with Gasteiger partial charge >= 0.3 is 0 Å². The second kappa shape index (κ2) is 10.3. The van der Waals surface area contributed by atoms with Gasteiger partial charge in [0.05, 0.1) is 17.9 Å². The minimum absolute atomic E-state index is 0.0266. The number of aromatic nitrogens is 2. The monoisotopic (exact) mass is 486 g/mol. The molecule has 36 heavy (non-hydrogen) atoms. The van der Waals surface area contributed by atoms with Crippen molar-refractivity contribution in [3.63, 3.8) is 0 Å². The second-order valence-electron chi connectivity index (χ2n) is 11.4. The van der Waals surface area contributed by atoms with Gasteiger partial charge in [-0.15, -0.1) is 0 Å². The lowest BCUT2D eigenvalue weighted by Gasteiger charge is -2.24. The van der Waals surface area contributed by atoms with E-state index in [4.69, 9.17) is 5.10 Å². The number of amides is 2. The van der Waals surface area contributed by atoms with Gasteiger partial charge in [-0.05, 0) is 42.4 Å². The molecule has 0 saturated heterocycles. The Bertz CT molecular complexity index is 1220. The first-order valence-electron chi connectivity index (χ1n) is 12.8. The van der Waals surface area contributed by atoms with Crippen LogP contribution in [0.4, 0.5) is 5.82 Å². The van der Waals surface area contributed by atoms with E-state index in [1.165, 1.54) is 5.56 Å². The van der Waals surface area contributed by atoms with Gasteiger partial charge in [0.15, 0.2) is 0 Å². The average molecular weight is 487 g/mol. The molecule has 1 aromatic heterocycles. The topological polar surface area (TPSA) is 67.2 Å². The highest BCUT2D eigenvalue weighted by Crippen LogP contribution is 2.48. The zero-order valence-electron chi connectivity index (χ0n) is 22.3. The van der Waals surface area contributed by atoms with Crippen molar-refractivity contribution in [3.8, 4) is 5.69 Å². The first-order valence-corrected chi connectivity index (χ1v) is 12.8. The second-order valence-corrected chi connectivity index (χ2v) is 11.4. The Morgan fingerprint density at radius 1 is 1.08 bits per heavy atom. The molecule has 0 spiro atoms. The molecule has 0 bridgehead atoms. The molecule has 1 heterocycles. The molecule has 1 N–H and O–H groups in total. The Morgan fingerprint density at radius 2 is 1.75 bits per heavy atom. The molecule has 0 aliphatic heterocycles. The molecule has 2 atom stereocenters. The van der Waals surface area contributed by atoms with Crippen LogP contribution in [0.5, 0.6) is 0 Å². The maximum Gasteiger partial charge on any atom is 0.245 e. The number of benzene rings is 2. The first kappa shape index (κ1) is 25.7. The molecule has 2 aromatic carbocycles. The van der Waals surface area contributed by atoms with Gasteiger partial charge in [-0.1, -0.05) is 83.1 Å². The van der Waals surface area contributed by atoms with Crippen LogP contribution < -0.4 is 5.32 Å². The zero-order valence-corrected chi connectivity index (χ0v) is 22.3. The molecule has 1 saturated carbocycles. The summed E-state index contributed by atoms with van der Waals surface area (Å²) in [4.78, 5) is 28.4. The quantitative estimate of drug-likeness (QED) is 0.444. The van der Waals surface area contributed by atoms with Crippen LogP contribution in [-0.4, -0.2) is 39.6 Å². The lowest BCUT2D eigenvalue weighted by Crippen LogP contribution is -2.41. The van der Waals surface area contributed by atoms with Gasteiger partial charge in [0.1, 0.15) is 5.82 Å². The summed E-state index contributed by atoms with van der Waals surface area (Å²) in [5.74, 6) is 0.925. The number of nitrogens with zero attached hydrogens (tertiary/aromatic N) is 3. The number of anilines is 1. The Hall–Kier alpha value is -3.41. The molecular formula is C30H38N4O2. The zero-order chi connectivity index (χ0) is 26.0. The van der Waals surface area contributed by atoms with Crippen molar-refractivity contribution in [2.24, 2.45) is 11.8 Å². The summed E-state index contributed by atoms with van der Waals surface area (Å²) in [6.45, 7) is 13.1. The van der Waals surface area contributed by atoms with Gasteiger partial charge < -0.3 is 10.2 Å². The van der Waals surface area contributed by atoms with Crippen LogP contribution in [-0.2, 0) is 15.0 Å². The number of para-hydroxylation sites is 1. The minimum atomic E-state index is -0.212. The van der Waals surface area contributed by atoms with Crippen LogP contribution in [0.15, 0.2) is 60.7 Å². The summed E-state index contributed by atoms with van der Waals surface area (Å²) in [6.07, 6.45) is 0.841. The van der Waals surface area contributed by atoms with E-state index in [2.05, 4.69) is 52.1 Å². The predicted octanol–water partition coefficient (Wildman–Crippen LogP) is 5.71. The molecule has 6 nitrogen and oxygen atoms in total. The fourth-order valence-corrected chi connectivity index (χ4v) is 4.62. The third kappa shape index (κ3) is 5.86. The van der Waals surface area contributed by atoms with Crippen LogP contribution in [0.25, 0.3) is 5.69 Å². The molecule has 3 aromatic rings. The van der Waals surface area contributed by atoms with Crippen LogP contribution in [0.2, 0.25) is 0 Å². The normalized spacial score (nSPS) is 17.2. The fourth-order valence-electron chi connectivity index (χ4n) is 4.62.